The van der Waals surface area contributed by atoms with Crippen molar-refractivity contribution < 1.29 is 38.5 Å². The fourth-order valence-electron chi connectivity index (χ4n) is 7.18. The van der Waals surface area contributed by atoms with Crippen LogP contribution in [0.2, 0.25) is 0 Å². The van der Waals surface area contributed by atoms with E-state index in [1.807, 2.05) is 30.3 Å². The predicted molar refractivity (Wildman–Crippen MR) is 168 cm³/mol. The summed E-state index contributed by atoms with van der Waals surface area (Å²) in [6.07, 6.45) is 6.20. The van der Waals surface area contributed by atoms with Crippen LogP contribution in [0.4, 0.5) is 5.69 Å². The molecular weight excluding hydrogens is 590 g/mol. The molecule has 1 spiro atoms. The highest BCUT2D eigenvalue weighted by Gasteiger charge is 2.71. The summed E-state index contributed by atoms with van der Waals surface area (Å²) in [6, 6.07) is 14.6. The van der Waals surface area contributed by atoms with Gasteiger partial charge in [-0.25, -0.2) is 0 Å². The fraction of sp³-hybridized carbons (Fsp3) is 0.429. The third-order valence-electron chi connectivity index (χ3n) is 9.29. The Morgan fingerprint density at radius 3 is 2.50 bits per heavy atom. The second-order valence-electron chi connectivity index (χ2n) is 12.1. The number of hydrogen-bond donors (Lipinski definition) is 2. The maximum absolute atomic E-state index is 14.5. The van der Waals surface area contributed by atoms with Crippen LogP contribution < -0.4 is 15.0 Å². The zero-order valence-electron chi connectivity index (χ0n) is 25.9. The van der Waals surface area contributed by atoms with Crippen LogP contribution in [0.1, 0.15) is 37.9 Å². The van der Waals surface area contributed by atoms with Gasteiger partial charge in [0.25, 0.3) is 5.91 Å². The summed E-state index contributed by atoms with van der Waals surface area (Å²) in [5.74, 6) is -3.08. The Balaban J connectivity index is 1.42. The number of amides is 3. The minimum atomic E-state index is -1.47. The van der Waals surface area contributed by atoms with E-state index >= 15 is 0 Å². The van der Waals surface area contributed by atoms with Crippen LogP contribution in [-0.4, -0.2) is 84.3 Å². The molecule has 3 amide bonds. The zero-order valence-corrected chi connectivity index (χ0v) is 25.9. The van der Waals surface area contributed by atoms with Crippen LogP contribution in [0.3, 0.4) is 0 Å². The van der Waals surface area contributed by atoms with Gasteiger partial charge in [0.15, 0.2) is 0 Å². The van der Waals surface area contributed by atoms with Crippen LogP contribution in [0.15, 0.2) is 78.9 Å². The summed E-state index contributed by atoms with van der Waals surface area (Å²) < 4.78 is 18.2. The Morgan fingerprint density at radius 2 is 1.78 bits per heavy atom. The molecule has 2 saturated heterocycles. The number of benzene rings is 2. The summed E-state index contributed by atoms with van der Waals surface area (Å²) in [7, 11) is 1.56. The lowest BCUT2D eigenvalue weighted by Gasteiger charge is -2.35. The largest absolute Gasteiger partial charge is 0.497 e. The van der Waals surface area contributed by atoms with Gasteiger partial charge in [-0.3, -0.25) is 19.2 Å². The van der Waals surface area contributed by atoms with Gasteiger partial charge in [0, 0.05) is 31.8 Å². The van der Waals surface area contributed by atoms with Crippen molar-refractivity contribution in [1.29, 1.82) is 0 Å². The van der Waals surface area contributed by atoms with Gasteiger partial charge in [-0.05, 0) is 49.6 Å². The quantitative estimate of drug-likeness (QED) is 0.368. The van der Waals surface area contributed by atoms with Crippen molar-refractivity contribution in [1.82, 2.24) is 10.2 Å². The molecule has 2 aromatic carbocycles. The Hall–Kier alpha value is -4.48. The van der Waals surface area contributed by atoms with E-state index in [2.05, 4.69) is 5.32 Å². The normalized spacial score (nSPS) is 31.9. The number of carbonyl (C=O) groups is 4. The molecule has 46 heavy (non-hydrogen) atoms. The number of rotatable bonds is 6. The first kappa shape index (κ1) is 31.5. The molecule has 6 rings (SSSR count). The first-order valence-corrected chi connectivity index (χ1v) is 15.7. The Labute approximate surface area is 267 Å². The molecule has 2 aromatic rings. The van der Waals surface area contributed by atoms with Gasteiger partial charge in [0.1, 0.15) is 29.4 Å². The SMILES string of the molecule is COc1ccc(N2CC=C[C@]34O[C@@H]5/C=C\CCC(=O)N[C@H](C)[C@@H](c6ccccc6)OC(=O)[C@@H]5[C@H]3C(=O)N(CCCO)[C@@H]4C2=O)cc1. The summed E-state index contributed by atoms with van der Waals surface area (Å²) in [4.78, 5) is 59.0. The second-order valence-corrected chi connectivity index (χ2v) is 12.1. The number of cyclic esters (lactones) is 1. The standard InChI is InChI=1S/C35H39N3O8/c1-22-30(23-10-4-3-5-11-23)45-34(43)28-26(12-6-7-13-27(40)36-22)46-35-18-8-19-37(24-14-16-25(44-2)17-15-24)33(42)31(35)38(20-9-21-39)32(41)29(28)35/h3-6,8,10-12,14-18,22,26,28-31,39H,7,9,13,19-21H2,1-2H3,(H,36,40)/b12-6-/t22-,26-,28+,29+,30+,31-,35+/m1/s1. The van der Waals surface area contributed by atoms with E-state index in [1.165, 1.54) is 4.90 Å². The molecule has 4 aliphatic heterocycles. The minimum Gasteiger partial charge on any atom is -0.497 e. The van der Waals surface area contributed by atoms with Crippen molar-refractivity contribution in [2.45, 2.75) is 56.1 Å². The lowest BCUT2D eigenvalue weighted by molar-refractivity contribution is -0.161. The highest BCUT2D eigenvalue weighted by atomic mass is 16.6. The molecule has 11 heteroatoms. The molecule has 2 N–H and O–H groups in total. The third kappa shape index (κ3) is 5.58. The summed E-state index contributed by atoms with van der Waals surface area (Å²) in [5, 5.41) is 12.6. The van der Waals surface area contributed by atoms with E-state index in [0.29, 0.717) is 23.4 Å². The number of anilines is 1. The number of methoxy groups -OCH3 is 1. The molecule has 0 saturated carbocycles. The molecule has 0 unspecified atom stereocenters. The number of fused-ring (bicyclic) bond motifs is 2. The molecule has 0 aliphatic carbocycles. The minimum absolute atomic E-state index is 0.107. The van der Waals surface area contributed by atoms with Crippen molar-refractivity contribution in [3.05, 3.63) is 84.5 Å². The van der Waals surface area contributed by atoms with Gasteiger partial charge >= 0.3 is 5.97 Å². The van der Waals surface area contributed by atoms with Crippen molar-refractivity contribution in [2.24, 2.45) is 11.8 Å². The number of likely N-dealkylation sites (tertiary alicyclic amines) is 1. The molecule has 242 valence electrons. The van der Waals surface area contributed by atoms with Gasteiger partial charge in [0.2, 0.25) is 11.8 Å². The van der Waals surface area contributed by atoms with Crippen LogP contribution in [-0.2, 0) is 28.7 Å². The van der Waals surface area contributed by atoms with Crippen LogP contribution in [0.25, 0.3) is 0 Å². The molecule has 4 heterocycles. The number of hydrogen-bond acceptors (Lipinski definition) is 8. The van der Waals surface area contributed by atoms with E-state index in [-0.39, 0.29) is 44.4 Å². The number of esters is 1. The Kier molecular flexibility index (Phi) is 8.97. The molecular formula is C35H39N3O8. The molecule has 7 atom stereocenters. The molecule has 4 aliphatic rings. The summed E-state index contributed by atoms with van der Waals surface area (Å²) in [6.45, 7) is 1.93. The first-order chi connectivity index (χ1) is 22.3. The lowest BCUT2D eigenvalue weighted by atomic mass is 9.77. The topological polar surface area (TPSA) is 135 Å². The number of allylic oxidation sites excluding steroid dienone is 1. The maximum atomic E-state index is 14.5. The van der Waals surface area contributed by atoms with Gasteiger partial charge in [0.05, 0.1) is 25.2 Å². The number of ether oxygens (including phenoxy) is 3. The van der Waals surface area contributed by atoms with Crippen molar-refractivity contribution in [3.8, 4) is 5.75 Å². The zero-order chi connectivity index (χ0) is 32.4. The van der Waals surface area contributed by atoms with E-state index in [9.17, 15) is 24.3 Å². The monoisotopic (exact) mass is 629 g/mol. The highest BCUT2D eigenvalue weighted by Crippen LogP contribution is 2.53. The number of aliphatic hydroxyl groups is 1. The molecule has 2 fully saturated rings. The van der Waals surface area contributed by atoms with Gasteiger partial charge < -0.3 is 34.4 Å². The van der Waals surface area contributed by atoms with E-state index in [1.54, 1.807) is 67.5 Å². The fourth-order valence-corrected chi connectivity index (χ4v) is 7.18. The second kappa shape index (κ2) is 13.1. The van der Waals surface area contributed by atoms with Gasteiger partial charge in [-0.15, -0.1) is 0 Å². The Bertz CT molecular complexity index is 1530. The number of carbonyl (C=O) groups excluding carboxylic acids is 4. The van der Waals surface area contributed by atoms with Gasteiger partial charge in [-0.1, -0.05) is 54.6 Å². The third-order valence-corrected chi connectivity index (χ3v) is 9.29. The first-order valence-electron chi connectivity index (χ1n) is 15.7. The summed E-state index contributed by atoms with van der Waals surface area (Å²) in [5.41, 5.74) is -0.154. The average Bonchev–Trinajstić information content (AvgIpc) is 3.44. The predicted octanol–water partition coefficient (Wildman–Crippen LogP) is 2.70. The van der Waals surface area contributed by atoms with Crippen molar-refractivity contribution in [3.63, 3.8) is 0 Å². The Morgan fingerprint density at radius 1 is 1.02 bits per heavy atom. The maximum Gasteiger partial charge on any atom is 0.313 e. The smallest absolute Gasteiger partial charge is 0.313 e. The van der Waals surface area contributed by atoms with Gasteiger partial charge in [-0.2, -0.15) is 0 Å². The lowest BCUT2D eigenvalue weighted by Crippen LogP contribution is -2.55. The molecule has 0 radical (unpaired) electrons. The van der Waals surface area contributed by atoms with Crippen molar-refractivity contribution in [2.75, 3.05) is 31.7 Å². The molecule has 0 bridgehead atoms. The highest BCUT2D eigenvalue weighted by molar-refractivity contribution is 6.05. The van der Waals surface area contributed by atoms with E-state index in [4.69, 9.17) is 14.2 Å². The van der Waals surface area contributed by atoms with E-state index < -0.39 is 53.6 Å². The average molecular weight is 630 g/mol. The molecule has 0 aromatic heterocycles. The molecule has 11 nitrogen and oxygen atoms in total. The van der Waals surface area contributed by atoms with E-state index in [0.717, 1.165) is 0 Å². The number of nitrogens with zero attached hydrogens (tertiary/aromatic N) is 2. The van der Waals surface area contributed by atoms with Crippen molar-refractivity contribution >= 4 is 29.4 Å². The van der Waals surface area contributed by atoms with Crippen LogP contribution in [0.5, 0.6) is 5.75 Å². The van der Waals surface area contributed by atoms with Crippen LogP contribution >= 0.6 is 0 Å². The van der Waals surface area contributed by atoms with Crippen LogP contribution in [0, 0.1) is 11.8 Å². The number of aliphatic hydroxyl groups excluding tert-OH is 1. The number of nitrogens with one attached hydrogen (secondary N) is 1. The summed E-state index contributed by atoms with van der Waals surface area (Å²) >= 11 is 0.